The van der Waals surface area contributed by atoms with E-state index in [9.17, 15) is 34.2 Å². The Hall–Kier alpha value is -3.30. The normalized spacial score (nSPS) is 23.4. The van der Waals surface area contributed by atoms with Gasteiger partial charge < -0.3 is 30.9 Å². The van der Waals surface area contributed by atoms with Crippen LogP contribution in [-0.2, 0) is 23.9 Å². The molecule has 0 saturated carbocycles. The first-order chi connectivity index (χ1) is 17.5. The number of hydrogen-bond donors (Lipinski definition) is 4. The van der Waals surface area contributed by atoms with Crippen LogP contribution in [0, 0.1) is 5.41 Å². The van der Waals surface area contributed by atoms with E-state index in [-0.39, 0.29) is 29.6 Å². The second-order valence-corrected chi connectivity index (χ2v) is 11.6. The Bertz CT molecular complexity index is 1270. The maximum absolute atomic E-state index is 13.4. The van der Waals surface area contributed by atoms with Crippen molar-refractivity contribution in [1.82, 2.24) is 15.2 Å². The molecule has 2 aliphatic rings. The van der Waals surface area contributed by atoms with E-state index < -0.39 is 51.8 Å². The predicted molar refractivity (Wildman–Crippen MR) is 135 cm³/mol. The molecule has 1 aromatic carbocycles. The lowest BCUT2D eigenvalue weighted by Gasteiger charge is -2.53. The Morgan fingerprint density at radius 2 is 2.05 bits per heavy atom. The van der Waals surface area contributed by atoms with Crippen LogP contribution in [0.4, 0.5) is 5.13 Å². The number of aliphatic carboxylic acids is 1. The quantitative estimate of drug-likeness (QED) is 0.194. The number of carboxylic acid groups (broad SMARTS) is 2. The third-order valence-electron chi connectivity index (χ3n) is 5.86. The van der Waals surface area contributed by atoms with Crippen molar-refractivity contribution in [1.29, 1.82) is 0 Å². The number of thiazole rings is 1. The second-order valence-electron chi connectivity index (χ2n) is 8.43. The average Bonchev–Trinajstić information content (AvgIpc) is 3.29. The molecule has 196 valence electrons. The zero-order valence-corrected chi connectivity index (χ0v) is 21.7. The lowest BCUT2D eigenvalue weighted by Crippen LogP contribution is -2.74. The number of aromatic nitrogens is 1. The van der Waals surface area contributed by atoms with E-state index in [2.05, 4.69) is 10.3 Å². The molecule has 2 saturated heterocycles. The van der Waals surface area contributed by atoms with Crippen LogP contribution in [0.15, 0.2) is 34.5 Å². The number of esters is 1. The van der Waals surface area contributed by atoms with Crippen LogP contribution >= 0.6 is 34.9 Å². The molecule has 0 spiro atoms. The molecule has 3 heterocycles. The van der Waals surface area contributed by atoms with Gasteiger partial charge in [0, 0.05) is 29.5 Å². The number of β-lactam (4-membered cyclic amide) rings is 1. The first-order valence-electron chi connectivity index (χ1n) is 10.8. The summed E-state index contributed by atoms with van der Waals surface area (Å²) in [5.74, 6) is -3.92. The number of nitrogens with two attached hydrogens (primary N) is 1. The molecule has 12 nitrogen and oxygen atoms in total. The van der Waals surface area contributed by atoms with E-state index >= 15 is 0 Å². The summed E-state index contributed by atoms with van der Waals surface area (Å²) in [5.41, 5.74) is 4.64. The predicted octanol–water partition coefficient (Wildman–Crippen LogP) is 1.29. The largest absolute Gasteiger partial charge is 0.481 e. The van der Waals surface area contributed by atoms with Crippen molar-refractivity contribution in [2.24, 2.45) is 5.41 Å². The van der Waals surface area contributed by atoms with Crippen LogP contribution in [0.3, 0.4) is 0 Å². The Labute approximate surface area is 222 Å². The highest BCUT2D eigenvalue weighted by Gasteiger charge is 2.58. The van der Waals surface area contributed by atoms with Gasteiger partial charge in [0.05, 0.1) is 11.3 Å². The van der Waals surface area contributed by atoms with Gasteiger partial charge in [0.25, 0.3) is 0 Å². The van der Waals surface area contributed by atoms with Gasteiger partial charge in [-0.3, -0.25) is 19.2 Å². The number of thioether (sulfide) groups is 2. The zero-order chi connectivity index (χ0) is 26.9. The van der Waals surface area contributed by atoms with Gasteiger partial charge in [-0.15, -0.1) is 34.9 Å². The minimum absolute atomic E-state index is 0.0139. The Morgan fingerprint density at radius 3 is 2.68 bits per heavy atom. The number of aromatic carboxylic acids is 1. The molecule has 0 aliphatic carbocycles. The van der Waals surface area contributed by atoms with Gasteiger partial charge in [-0.2, -0.15) is 0 Å². The van der Waals surface area contributed by atoms with Gasteiger partial charge in [0.1, 0.15) is 28.7 Å². The highest BCUT2D eigenvalue weighted by molar-refractivity contribution is 8.00. The summed E-state index contributed by atoms with van der Waals surface area (Å²) in [6.07, 6.45) is 0. The molecular weight excluding hydrogens is 544 g/mol. The number of carbonyl (C=O) groups excluding carboxylic acids is 3. The topological polar surface area (TPSA) is 189 Å². The number of hydrogen-bond acceptors (Lipinski definition) is 11. The van der Waals surface area contributed by atoms with Crippen LogP contribution in [-0.4, -0.2) is 80.1 Å². The van der Waals surface area contributed by atoms with Crippen LogP contribution in [0.5, 0.6) is 0 Å². The van der Waals surface area contributed by atoms with E-state index in [1.807, 2.05) is 0 Å². The molecule has 2 fully saturated rings. The number of amides is 2. The van der Waals surface area contributed by atoms with Crippen LogP contribution in [0.25, 0.3) is 0 Å². The molecule has 2 aromatic rings. The second kappa shape index (κ2) is 10.6. The standard InChI is InChI=1S/C22H22N4O8S3/c1-10(27)34-8-22(20(32)33)7-26-17(29)14(18(26)36-9-22)25-16(28)15(12-6-35-21(23)24-12)37-13-5-3-2-4-11(13)19(30)31/h2-6,14-15,18H,7-9H2,1H3,(H2,23,24)(H,25,28)(H,30,31)(H,32,33)/t14?,15?,18-,22?/m1/s1. The van der Waals surface area contributed by atoms with E-state index in [0.717, 1.165) is 23.1 Å². The fourth-order valence-corrected chi connectivity index (χ4v) is 7.22. The number of nitrogen functional groups attached to an aromatic ring is 1. The maximum atomic E-state index is 13.4. The molecule has 0 radical (unpaired) electrons. The Kier molecular flexibility index (Phi) is 7.66. The number of carbonyl (C=O) groups is 5. The fraction of sp³-hybridized carbons (Fsp3) is 0.364. The Balaban J connectivity index is 1.51. The van der Waals surface area contributed by atoms with Gasteiger partial charge in [-0.1, -0.05) is 12.1 Å². The molecule has 1 aromatic heterocycles. The summed E-state index contributed by atoms with van der Waals surface area (Å²) in [4.78, 5) is 67.0. The number of benzene rings is 1. The van der Waals surface area contributed by atoms with E-state index in [1.54, 1.807) is 23.6 Å². The van der Waals surface area contributed by atoms with E-state index in [1.165, 1.54) is 29.7 Å². The summed E-state index contributed by atoms with van der Waals surface area (Å²) >= 11 is 3.28. The van der Waals surface area contributed by atoms with Gasteiger partial charge in [-0.05, 0) is 12.1 Å². The molecule has 2 amide bonds. The average molecular weight is 567 g/mol. The van der Waals surface area contributed by atoms with Crippen molar-refractivity contribution in [3.05, 3.63) is 40.9 Å². The van der Waals surface area contributed by atoms with Crippen LogP contribution < -0.4 is 11.1 Å². The minimum Gasteiger partial charge on any atom is -0.481 e. The number of ether oxygens (including phenoxy) is 1. The SMILES string of the molecule is CC(=O)OCC1(C(=O)O)CS[C@@H]2C(NC(=O)C(Sc3ccccc3C(=O)O)c3csc(N)n3)C(=O)N2C1. The van der Waals surface area contributed by atoms with Crippen molar-refractivity contribution >= 4 is 69.7 Å². The molecule has 2 aliphatic heterocycles. The van der Waals surface area contributed by atoms with Crippen molar-refractivity contribution in [2.75, 3.05) is 24.6 Å². The van der Waals surface area contributed by atoms with Gasteiger partial charge >= 0.3 is 17.9 Å². The number of anilines is 1. The summed E-state index contributed by atoms with van der Waals surface area (Å²) in [7, 11) is 0. The van der Waals surface area contributed by atoms with Crippen molar-refractivity contribution in [3.8, 4) is 0 Å². The van der Waals surface area contributed by atoms with E-state index in [4.69, 9.17) is 10.5 Å². The third-order valence-corrected chi connectivity index (χ3v) is 9.44. The molecular formula is C22H22N4O8S3. The molecule has 4 rings (SSSR count). The number of nitrogens with one attached hydrogen (secondary N) is 1. The van der Waals surface area contributed by atoms with E-state index in [0.29, 0.717) is 10.6 Å². The number of fused-ring (bicyclic) bond motifs is 1. The Morgan fingerprint density at radius 1 is 1.32 bits per heavy atom. The summed E-state index contributed by atoms with van der Waals surface area (Å²) in [6, 6.07) is 5.31. The first-order valence-corrected chi connectivity index (χ1v) is 13.6. The minimum atomic E-state index is -1.45. The number of rotatable bonds is 9. The van der Waals surface area contributed by atoms with Crippen molar-refractivity contribution in [3.63, 3.8) is 0 Å². The molecule has 0 bridgehead atoms. The fourth-order valence-electron chi connectivity index (χ4n) is 3.92. The molecule has 37 heavy (non-hydrogen) atoms. The number of nitrogens with zero attached hydrogens (tertiary/aromatic N) is 2. The molecule has 5 N–H and O–H groups in total. The van der Waals surface area contributed by atoms with Crippen LogP contribution in [0.1, 0.15) is 28.2 Å². The monoisotopic (exact) mass is 566 g/mol. The highest BCUT2D eigenvalue weighted by atomic mass is 32.2. The lowest BCUT2D eigenvalue weighted by atomic mass is 9.88. The highest BCUT2D eigenvalue weighted by Crippen LogP contribution is 2.43. The summed E-state index contributed by atoms with van der Waals surface area (Å²) in [6.45, 7) is 0.643. The number of carboxylic acids is 2. The van der Waals surface area contributed by atoms with Gasteiger partial charge in [0.2, 0.25) is 11.8 Å². The molecule has 4 atom stereocenters. The van der Waals surface area contributed by atoms with Gasteiger partial charge in [0.15, 0.2) is 5.13 Å². The van der Waals surface area contributed by atoms with Crippen molar-refractivity contribution < 1.29 is 38.9 Å². The lowest BCUT2D eigenvalue weighted by molar-refractivity contribution is -0.164. The maximum Gasteiger partial charge on any atom is 0.336 e. The first kappa shape index (κ1) is 26.8. The van der Waals surface area contributed by atoms with Gasteiger partial charge in [-0.25, -0.2) is 9.78 Å². The smallest absolute Gasteiger partial charge is 0.336 e. The summed E-state index contributed by atoms with van der Waals surface area (Å²) < 4.78 is 4.94. The third kappa shape index (κ3) is 5.38. The van der Waals surface area contributed by atoms with Crippen molar-refractivity contribution in [2.45, 2.75) is 28.5 Å². The summed E-state index contributed by atoms with van der Waals surface area (Å²) in [5, 5.41) is 22.3. The molecule has 3 unspecified atom stereocenters. The molecule has 15 heteroatoms. The van der Waals surface area contributed by atoms with Crippen LogP contribution in [0.2, 0.25) is 0 Å². The zero-order valence-electron chi connectivity index (χ0n) is 19.3.